The van der Waals surface area contributed by atoms with Gasteiger partial charge < -0.3 is 15.0 Å². The molecule has 3 aromatic heterocycles. The maximum absolute atomic E-state index is 12.8. The van der Waals surface area contributed by atoms with Gasteiger partial charge in [0.1, 0.15) is 11.6 Å². The molecule has 128 valence electrons. The summed E-state index contributed by atoms with van der Waals surface area (Å²) in [6.07, 6.45) is 8.27. The number of amides is 1. The third kappa shape index (κ3) is 2.77. The Morgan fingerprint density at radius 2 is 2.24 bits per heavy atom. The first-order valence-corrected chi connectivity index (χ1v) is 8.20. The van der Waals surface area contributed by atoms with Crippen molar-refractivity contribution in [2.75, 3.05) is 12.4 Å². The Balaban J connectivity index is 1.68. The maximum atomic E-state index is 12.8. The van der Waals surface area contributed by atoms with Crippen molar-refractivity contribution >= 4 is 11.7 Å². The minimum absolute atomic E-state index is 0.200. The van der Waals surface area contributed by atoms with E-state index in [1.54, 1.807) is 36.3 Å². The van der Waals surface area contributed by atoms with E-state index in [0.29, 0.717) is 17.1 Å². The molecular weight excluding hydrogens is 318 g/mol. The summed E-state index contributed by atoms with van der Waals surface area (Å²) < 4.78 is 6.89. The van der Waals surface area contributed by atoms with Crippen molar-refractivity contribution in [3.05, 3.63) is 47.5 Å². The van der Waals surface area contributed by atoms with Gasteiger partial charge in [-0.2, -0.15) is 5.10 Å². The molecule has 7 heteroatoms. The van der Waals surface area contributed by atoms with Gasteiger partial charge in [-0.3, -0.25) is 9.48 Å². The molecule has 0 aliphatic heterocycles. The van der Waals surface area contributed by atoms with E-state index in [0.717, 1.165) is 36.2 Å². The van der Waals surface area contributed by atoms with Gasteiger partial charge >= 0.3 is 0 Å². The molecule has 0 bridgehead atoms. The third-order valence-corrected chi connectivity index (χ3v) is 4.43. The molecule has 0 spiro atoms. The molecule has 0 fully saturated rings. The molecule has 25 heavy (non-hydrogen) atoms. The van der Waals surface area contributed by atoms with Crippen LogP contribution in [0.25, 0.3) is 11.3 Å². The number of ether oxygens (including phenoxy) is 1. The predicted octanol–water partition coefficient (Wildman–Crippen LogP) is 2.56. The fourth-order valence-corrected chi connectivity index (χ4v) is 3.26. The van der Waals surface area contributed by atoms with Gasteiger partial charge in [0.05, 0.1) is 24.6 Å². The Morgan fingerprint density at radius 3 is 3.00 bits per heavy atom. The van der Waals surface area contributed by atoms with E-state index in [2.05, 4.69) is 20.4 Å². The summed E-state index contributed by atoms with van der Waals surface area (Å²) in [5.74, 6) is 0.927. The van der Waals surface area contributed by atoms with Crippen LogP contribution < -0.4 is 10.1 Å². The van der Waals surface area contributed by atoms with Gasteiger partial charge in [-0.1, -0.05) is 0 Å². The minimum Gasteiger partial charge on any atom is -0.495 e. The second-order valence-electron chi connectivity index (χ2n) is 6.12. The van der Waals surface area contributed by atoms with E-state index in [1.807, 2.05) is 13.2 Å². The molecule has 0 saturated carbocycles. The van der Waals surface area contributed by atoms with Crippen molar-refractivity contribution in [3.8, 4) is 17.0 Å². The Bertz CT molecular complexity index is 924. The van der Waals surface area contributed by atoms with E-state index in [1.165, 1.54) is 5.56 Å². The number of anilines is 1. The number of carbonyl (C=O) groups is 1. The minimum atomic E-state index is -0.200. The lowest BCUT2D eigenvalue weighted by Gasteiger charge is -2.07. The number of methoxy groups -OCH3 is 1. The number of rotatable bonds is 3. The van der Waals surface area contributed by atoms with E-state index in [4.69, 9.17) is 4.74 Å². The van der Waals surface area contributed by atoms with Crippen LogP contribution in [0.3, 0.4) is 0 Å². The maximum Gasteiger partial charge on any atom is 0.259 e. The standard InChI is InChI=1S/C18H19N5O2/c1-23-10-11-4-3-5-14-16(17(11)22-23)13(9-19-14)18(24)21-15-7-6-12(25-2)8-20-15/h6-10,19H,3-5H2,1-2H3,(H,20,21,24). The van der Waals surface area contributed by atoms with Crippen LogP contribution in [0.15, 0.2) is 30.7 Å². The molecule has 0 atom stereocenters. The van der Waals surface area contributed by atoms with Crippen molar-refractivity contribution in [1.82, 2.24) is 19.7 Å². The first-order valence-electron chi connectivity index (χ1n) is 8.20. The summed E-state index contributed by atoms with van der Waals surface area (Å²) in [7, 11) is 3.48. The summed E-state index contributed by atoms with van der Waals surface area (Å²) >= 11 is 0. The van der Waals surface area contributed by atoms with E-state index < -0.39 is 0 Å². The lowest BCUT2D eigenvalue weighted by Crippen LogP contribution is -2.13. The molecule has 3 aromatic rings. The SMILES string of the molecule is COc1ccc(NC(=O)c2c[nH]c3c2-c2nn(C)cc2CCC3)nc1. The number of hydrogen-bond donors (Lipinski definition) is 2. The van der Waals surface area contributed by atoms with E-state index >= 15 is 0 Å². The van der Waals surface area contributed by atoms with Gasteiger partial charge in [0, 0.05) is 30.7 Å². The van der Waals surface area contributed by atoms with Gasteiger partial charge in [0.2, 0.25) is 0 Å². The third-order valence-electron chi connectivity index (χ3n) is 4.43. The number of fused-ring (bicyclic) bond motifs is 3. The number of H-pyrrole nitrogens is 1. The lowest BCUT2D eigenvalue weighted by molar-refractivity contribution is 0.102. The van der Waals surface area contributed by atoms with Gasteiger partial charge in [0.25, 0.3) is 5.91 Å². The molecule has 0 aromatic carbocycles. The molecule has 0 unspecified atom stereocenters. The highest BCUT2D eigenvalue weighted by Gasteiger charge is 2.25. The highest BCUT2D eigenvalue weighted by atomic mass is 16.5. The number of hydrogen-bond acceptors (Lipinski definition) is 4. The zero-order valence-corrected chi connectivity index (χ0v) is 14.2. The predicted molar refractivity (Wildman–Crippen MR) is 93.8 cm³/mol. The van der Waals surface area contributed by atoms with Crippen LogP contribution in [-0.2, 0) is 19.9 Å². The van der Waals surface area contributed by atoms with Gasteiger partial charge in [-0.05, 0) is 37.0 Å². The average Bonchev–Trinajstić information content (AvgIpc) is 3.15. The van der Waals surface area contributed by atoms with Crippen molar-refractivity contribution in [2.45, 2.75) is 19.3 Å². The number of pyridine rings is 1. The van der Waals surface area contributed by atoms with Gasteiger partial charge in [-0.15, -0.1) is 0 Å². The number of aryl methyl sites for hydroxylation is 3. The highest BCUT2D eigenvalue weighted by Crippen LogP contribution is 2.34. The smallest absolute Gasteiger partial charge is 0.259 e. The molecule has 0 radical (unpaired) electrons. The van der Waals surface area contributed by atoms with Crippen LogP contribution in [0, 0.1) is 0 Å². The molecule has 0 saturated heterocycles. The second-order valence-corrected chi connectivity index (χ2v) is 6.12. The highest BCUT2D eigenvalue weighted by molar-refractivity contribution is 6.08. The first-order chi connectivity index (χ1) is 12.2. The molecular formula is C18H19N5O2. The average molecular weight is 337 g/mol. The number of carbonyl (C=O) groups excluding carboxylic acids is 1. The summed E-state index contributed by atoms with van der Waals surface area (Å²) in [5, 5.41) is 7.43. The van der Waals surface area contributed by atoms with Crippen LogP contribution >= 0.6 is 0 Å². The summed E-state index contributed by atoms with van der Waals surface area (Å²) in [4.78, 5) is 20.2. The largest absolute Gasteiger partial charge is 0.495 e. The number of nitrogens with one attached hydrogen (secondary N) is 2. The van der Waals surface area contributed by atoms with Crippen molar-refractivity contribution in [1.29, 1.82) is 0 Å². The molecule has 4 rings (SSSR count). The summed E-state index contributed by atoms with van der Waals surface area (Å²) in [5.41, 5.74) is 4.63. The van der Waals surface area contributed by atoms with Crippen molar-refractivity contribution in [3.63, 3.8) is 0 Å². The molecule has 1 aliphatic rings. The monoisotopic (exact) mass is 337 g/mol. The molecule has 2 N–H and O–H groups in total. The van der Waals surface area contributed by atoms with Crippen LogP contribution in [0.4, 0.5) is 5.82 Å². The van der Waals surface area contributed by atoms with Crippen molar-refractivity contribution in [2.24, 2.45) is 7.05 Å². The Kier molecular flexibility index (Phi) is 3.76. The molecule has 3 heterocycles. The topological polar surface area (TPSA) is 84.8 Å². The fraction of sp³-hybridized carbons (Fsp3) is 0.278. The van der Waals surface area contributed by atoms with Crippen LogP contribution in [0.5, 0.6) is 5.75 Å². The normalized spacial score (nSPS) is 12.9. The van der Waals surface area contributed by atoms with E-state index in [-0.39, 0.29) is 5.91 Å². The summed E-state index contributed by atoms with van der Waals surface area (Å²) in [6.45, 7) is 0. The number of nitrogens with zero attached hydrogens (tertiary/aromatic N) is 3. The quantitative estimate of drug-likeness (QED) is 0.769. The second kappa shape index (κ2) is 6.08. The zero-order valence-electron chi connectivity index (χ0n) is 14.2. The van der Waals surface area contributed by atoms with Gasteiger partial charge in [0.15, 0.2) is 0 Å². The molecule has 7 nitrogen and oxygen atoms in total. The summed E-state index contributed by atoms with van der Waals surface area (Å²) in [6, 6.07) is 3.48. The first kappa shape index (κ1) is 15.4. The Morgan fingerprint density at radius 1 is 1.36 bits per heavy atom. The fourth-order valence-electron chi connectivity index (χ4n) is 3.26. The lowest BCUT2D eigenvalue weighted by atomic mass is 10.0. The van der Waals surface area contributed by atoms with Gasteiger partial charge in [-0.25, -0.2) is 4.98 Å². The zero-order chi connectivity index (χ0) is 17.4. The van der Waals surface area contributed by atoms with Crippen molar-refractivity contribution < 1.29 is 9.53 Å². The Hall–Kier alpha value is -3.09. The van der Waals surface area contributed by atoms with E-state index in [9.17, 15) is 4.79 Å². The number of aromatic nitrogens is 4. The molecule has 1 amide bonds. The number of aromatic amines is 1. The van der Waals surface area contributed by atoms with Crippen LogP contribution in [-0.4, -0.2) is 32.8 Å². The van der Waals surface area contributed by atoms with Crippen LogP contribution in [0.2, 0.25) is 0 Å². The molecule has 1 aliphatic carbocycles. The van der Waals surface area contributed by atoms with Crippen LogP contribution in [0.1, 0.15) is 28.0 Å². The Labute approximate surface area is 145 Å².